The monoisotopic (exact) mass is 283 g/mol. The van der Waals surface area contributed by atoms with Crippen LogP contribution >= 0.6 is 0 Å². The SMILES string of the molecule is CC(C)(C)OC(=O)N1CC(O)C(C2CCCCCC2)C1. The highest BCUT2D eigenvalue weighted by Gasteiger charge is 2.39. The van der Waals surface area contributed by atoms with Gasteiger partial charge in [-0.2, -0.15) is 0 Å². The largest absolute Gasteiger partial charge is 0.444 e. The maximum atomic E-state index is 12.1. The molecule has 0 aromatic rings. The zero-order chi connectivity index (χ0) is 14.8. The number of carbonyl (C=O) groups is 1. The lowest BCUT2D eigenvalue weighted by molar-refractivity contribution is 0.0269. The molecule has 2 aliphatic rings. The molecule has 20 heavy (non-hydrogen) atoms. The zero-order valence-electron chi connectivity index (χ0n) is 13.1. The van der Waals surface area contributed by atoms with E-state index in [0.29, 0.717) is 19.0 Å². The third-order valence-electron chi connectivity index (χ3n) is 4.49. The Kier molecular flexibility index (Phi) is 4.95. The van der Waals surface area contributed by atoms with Crippen molar-refractivity contribution in [2.45, 2.75) is 71.0 Å². The van der Waals surface area contributed by atoms with Crippen LogP contribution in [0.4, 0.5) is 4.79 Å². The number of ether oxygens (including phenoxy) is 1. The molecule has 2 unspecified atom stereocenters. The van der Waals surface area contributed by atoms with E-state index in [1.807, 2.05) is 20.8 Å². The van der Waals surface area contributed by atoms with Crippen LogP contribution in [0.5, 0.6) is 0 Å². The molecule has 0 bridgehead atoms. The van der Waals surface area contributed by atoms with E-state index >= 15 is 0 Å². The standard InChI is InChI=1S/C16H29NO3/c1-16(2,3)20-15(19)17-10-13(14(18)11-17)12-8-6-4-5-7-9-12/h12-14,18H,4-11H2,1-3H3. The molecule has 4 heteroatoms. The van der Waals surface area contributed by atoms with Gasteiger partial charge in [-0.15, -0.1) is 0 Å². The molecular weight excluding hydrogens is 254 g/mol. The van der Waals surface area contributed by atoms with Gasteiger partial charge in [-0.1, -0.05) is 38.5 Å². The minimum Gasteiger partial charge on any atom is -0.444 e. The zero-order valence-corrected chi connectivity index (χ0v) is 13.1. The average Bonchev–Trinajstić information content (AvgIpc) is 2.57. The number of rotatable bonds is 1. The van der Waals surface area contributed by atoms with Gasteiger partial charge in [0.2, 0.25) is 0 Å². The number of hydrogen-bond donors (Lipinski definition) is 1. The number of β-amino-alcohol motifs (C(OH)–C–C–N with tert-alkyl or cyclic N) is 1. The van der Waals surface area contributed by atoms with Crippen LogP contribution in [0.3, 0.4) is 0 Å². The first-order valence-corrected chi connectivity index (χ1v) is 8.03. The van der Waals surface area contributed by atoms with Gasteiger partial charge in [0.1, 0.15) is 5.60 Å². The van der Waals surface area contributed by atoms with Crippen molar-refractivity contribution in [3.8, 4) is 0 Å². The van der Waals surface area contributed by atoms with Gasteiger partial charge in [0.05, 0.1) is 12.6 Å². The summed E-state index contributed by atoms with van der Waals surface area (Å²) < 4.78 is 5.41. The van der Waals surface area contributed by atoms with Gasteiger partial charge in [0, 0.05) is 12.5 Å². The Hall–Kier alpha value is -0.770. The van der Waals surface area contributed by atoms with Crippen LogP contribution in [0.25, 0.3) is 0 Å². The predicted molar refractivity (Wildman–Crippen MR) is 78.5 cm³/mol. The Morgan fingerprint density at radius 1 is 1.10 bits per heavy atom. The van der Waals surface area contributed by atoms with Crippen LogP contribution in [-0.2, 0) is 4.74 Å². The first-order valence-electron chi connectivity index (χ1n) is 8.03. The molecule has 0 spiro atoms. The first-order chi connectivity index (χ1) is 9.37. The highest BCUT2D eigenvalue weighted by molar-refractivity contribution is 5.68. The summed E-state index contributed by atoms with van der Waals surface area (Å²) in [6.07, 6.45) is 6.89. The van der Waals surface area contributed by atoms with Crippen molar-refractivity contribution in [2.75, 3.05) is 13.1 Å². The lowest BCUT2D eigenvalue weighted by atomic mass is 9.84. The minimum absolute atomic E-state index is 0.237. The van der Waals surface area contributed by atoms with E-state index in [9.17, 15) is 9.90 Å². The van der Waals surface area contributed by atoms with E-state index in [0.717, 1.165) is 0 Å². The van der Waals surface area contributed by atoms with Crippen molar-refractivity contribution < 1.29 is 14.6 Å². The van der Waals surface area contributed by atoms with Crippen LogP contribution in [-0.4, -0.2) is 40.9 Å². The smallest absolute Gasteiger partial charge is 0.410 e. The summed E-state index contributed by atoms with van der Waals surface area (Å²) in [5, 5.41) is 10.3. The van der Waals surface area contributed by atoms with E-state index in [2.05, 4.69) is 0 Å². The molecule has 2 rings (SSSR count). The molecule has 1 aliphatic heterocycles. The molecule has 1 saturated carbocycles. The Labute approximate surface area is 122 Å². The van der Waals surface area contributed by atoms with Crippen molar-refractivity contribution in [2.24, 2.45) is 11.8 Å². The van der Waals surface area contributed by atoms with Gasteiger partial charge in [-0.3, -0.25) is 0 Å². The Bertz CT molecular complexity index is 329. The Balaban J connectivity index is 1.92. The predicted octanol–water partition coefficient (Wildman–Crippen LogP) is 3.18. The molecule has 0 aromatic heterocycles. The van der Waals surface area contributed by atoms with Crippen molar-refractivity contribution in [1.29, 1.82) is 0 Å². The van der Waals surface area contributed by atoms with Crippen LogP contribution in [0, 0.1) is 11.8 Å². The number of aliphatic hydroxyl groups is 1. The minimum atomic E-state index is -0.470. The summed E-state index contributed by atoms with van der Waals surface area (Å²) in [5.41, 5.74) is -0.470. The third kappa shape index (κ3) is 4.11. The first kappa shape index (κ1) is 15.6. The van der Waals surface area contributed by atoms with Gasteiger partial charge in [0.25, 0.3) is 0 Å². The van der Waals surface area contributed by atoms with Crippen molar-refractivity contribution in [3.05, 3.63) is 0 Å². The molecule has 1 amide bonds. The van der Waals surface area contributed by atoms with E-state index in [4.69, 9.17) is 4.74 Å². The number of carbonyl (C=O) groups excluding carboxylic acids is 1. The lowest BCUT2D eigenvalue weighted by Crippen LogP contribution is -2.36. The second kappa shape index (κ2) is 6.33. The number of amides is 1. The maximum absolute atomic E-state index is 12.1. The maximum Gasteiger partial charge on any atom is 0.410 e. The van der Waals surface area contributed by atoms with E-state index in [1.54, 1.807) is 4.90 Å². The summed E-state index contributed by atoms with van der Waals surface area (Å²) in [5.74, 6) is 0.806. The fourth-order valence-electron chi connectivity index (χ4n) is 3.49. The van der Waals surface area contributed by atoms with E-state index in [1.165, 1.54) is 38.5 Å². The van der Waals surface area contributed by atoms with Crippen LogP contribution < -0.4 is 0 Å². The molecule has 1 aliphatic carbocycles. The lowest BCUT2D eigenvalue weighted by Gasteiger charge is -2.25. The summed E-state index contributed by atoms with van der Waals surface area (Å²) >= 11 is 0. The van der Waals surface area contributed by atoms with Crippen LogP contribution in [0.1, 0.15) is 59.3 Å². The molecule has 2 fully saturated rings. The number of aliphatic hydroxyl groups excluding tert-OH is 1. The second-order valence-corrected chi connectivity index (χ2v) is 7.37. The normalized spacial score (nSPS) is 29.3. The van der Waals surface area contributed by atoms with Gasteiger partial charge in [-0.25, -0.2) is 4.79 Å². The van der Waals surface area contributed by atoms with Gasteiger partial charge >= 0.3 is 6.09 Å². The molecule has 1 heterocycles. The fraction of sp³-hybridized carbons (Fsp3) is 0.938. The topological polar surface area (TPSA) is 49.8 Å². The number of likely N-dealkylation sites (tertiary alicyclic amines) is 1. The molecule has 0 radical (unpaired) electrons. The fourth-order valence-corrected chi connectivity index (χ4v) is 3.49. The van der Waals surface area contributed by atoms with Gasteiger partial charge < -0.3 is 14.7 Å². The van der Waals surface area contributed by atoms with E-state index < -0.39 is 5.60 Å². The van der Waals surface area contributed by atoms with Crippen molar-refractivity contribution >= 4 is 6.09 Å². The molecule has 1 saturated heterocycles. The summed E-state index contributed by atoms with van der Waals surface area (Å²) in [4.78, 5) is 13.8. The highest BCUT2D eigenvalue weighted by atomic mass is 16.6. The Morgan fingerprint density at radius 3 is 2.25 bits per heavy atom. The summed E-state index contributed by atoms with van der Waals surface area (Å²) in [6.45, 7) is 6.71. The van der Waals surface area contributed by atoms with Gasteiger partial charge in [-0.05, 0) is 26.7 Å². The summed E-state index contributed by atoms with van der Waals surface area (Å²) in [6, 6.07) is 0. The average molecular weight is 283 g/mol. The molecular formula is C16H29NO3. The molecule has 0 aromatic carbocycles. The van der Waals surface area contributed by atoms with Crippen molar-refractivity contribution in [3.63, 3.8) is 0 Å². The molecule has 2 atom stereocenters. The quantitative estimate of drug-likeness (QED) is 0.752. The number of nitrogens with zero attached hydrogens (tertiary/aromatic N) is 1. The van der Waals surface area contributed by atoms with Crippen LogP contribution in [0.15, 0.2) is 0 Å². The molecule has 4 nitrogen and oxygen atoms in total. The second-order valence-electron chi connectivity index (χ2n) is 7.37. The van der Waals surface area contributed by atoms with Gasteiger partial charge in [0.15, 0.2) is 0 Å². The van der Waals surface area contributed by atoms with E-state index in [-0.39, 0.29) is 18.1 Å². The van der Waals surface area contributed by atoms with Crippen LogP contribution in [0.2, 0.25) is 0 Å². The summed E-state index contributed by atoms with van der Waals surface area (Å²) in [7, 11) is 0. The molecule has 116 valence electrons. The third-order valence-corrected chi connectivity index (χ3v) is 4.49. The highest BCUT2D eigenvalue weighted by Crippen LogP contribution is 2.34. The van der Waals surface area contributed by atoms with Crippen molar-refractivity contribution in [1.82, 2.24) is 4.90 Å². The Morgan fingerprint density at radius 2 is 1.70 bits per heavy atom. The number of hydrogen-bond acceptors (Lipinski definition) is 3. The molecule has 1 N–H and O–H groups in total.